The van der Waals surface area contributed by atoms with E-state index < -0.39 is 10.0 Å². The van der Waals surface area contributed by atoms with Gasteiger partial charge in [-0.25, -0.2) is 12.8 Å². The maximum Gasteiger partial charge on any atom is 0.243 e. The van der Waals surface area contributed by atoms with Gasteiger partial charge in [-0.3, -0.25) is 4.79 Å². The first-order chi connectivity index (χ1) is 15.8. The molecule has 1 N–H and O–H groups in total. The van der Waals surface area contributed by atoms with Crippen molar-refractivity contribution in [2.24, 2.45) is 0 Å². The van der Waals surface area contributed by atoms with Gasteiger partial charge in [0.2, 0.25) is 27.6 Å². The molecule has 0 spiro atoms. The van der Waals surface area contributed by atoms with Crippen molar-refractivity contribution in [2.75, 3.05) is 31.6 Å². The quantitative estimate of drug-likeness (QED) is 0.560. The number of ether oxygens (including phenoxy) is 1. The van der Waals surface area contributed by atoms with Crippen LogP contribution in [0.2, 0.25) is 0 Å². The number of carbonyl (C=O) groups excluding carboxylic acids is 1. The van der Waals surface area contributed by atoms with Gasteiger partial charge in [0, 0.05) is 37.2 Å². The minimum atomic E-state index is -3.58. The van der Waals surface area contributed by atoms with Gasteiger partial charge in [-0.15, -0.1) is 0 Å². The lowest BCUT2D eigenvalue weighted by Crippen LogP contribution is -2.40. The van der Waals surface area contributed by atoms with Crippen LogP contribution in [0.5, 0.6) is 0 Å². The Balaban J connectivity index is 1.36. The summed E-state index contributed by atoms with van der Waals surface area (Å²) in [6.07, 6.45) is 0.331. The van der Waals surface area contributed by atoms with Gasteiger partial charge in [-0.2, -0.15) is 9.29 Å². The molecule has 9 nitrogen and oxygen atoms in total. The number of hydrogen-bond donors (Lipinski definition) is 1. The standard InChI is InChI=1S/C22H23FN4O5S/c1-15-14-17(23)4-7-19(15)24-20(28)8-9-21-25-22(26-32-21)16-2-5-18(6-3-16)33(29,30)27-10-12-31-13-11-27/h2-7,14H,8-13H2,1H3,(H,24,28). The zero-order valence-corrected chi connectivity index (χ0v) is 18.8. The van der Waals surface area contributed by atoms with E-state index in [0.717, 1.165) is 0 Å². The number of morpholine rings is 1. The van der Waals surface area contributed by atoms with E-state index >= 15 is 0 Å². The van der Waals surface area contributed by atoms with E-state index in [1.807, 2.05) is 0 Å². The minimum Gasteiger partial charge on any atom is -0.379 e. The number of aryl methyl sites for hydroxylation is 2. The predicted octanol–water partition coefficient (Wildman–Crippen LogP) is 2.78. The maximum atomic E-state index is 13.2. The molecule has 2 heterocycles. The molecular weight excluding hydrogens is 451 g/mol. The third-order valence-electron chi connectivity index (χ3n) is 5.22. The maximum absolute atomic E-state index is 13.2. The SMILES string of the molecule is Cc1cc(F)ccc1NC(=O)CCc1nc(-c2ccc(S(=O)(=O)N3CCOCC3)cc2)no1. The molecule has 3 aromatic rings. The predicted molar refractivity (Wildman–Crippen MR) is 117 cm³/mol. The van der Waals surface area contributed by atoms with Crippen molar-refractivity contribution < 1.29 is 26.9 Å². The highest BCUT2D eigenvalue weighted by Crippen LogP contribution is 2.22. The number of amides is 1. The van der Waals surface area contributed by atoms with E-state index in [0.29, 0.717) is 48.9 Å². The van der Waals surface area contributed by atoms with Gasteiger partial charge < -0.3 is 14.6 Å². The Morgan fingerprint density at radius 1 is 1.15 bits per heavy atom. The Kier molecular flexibility index (Phi) is 6.82. The van der Waals surface area contributed by atoms with E-state index in [2.05, 4.69) is 15.5 Å². The summed E-state index contributed by atoms with van der Waals surface area (Å²) in [5, 5.41) is 6.65. The van der Waals surface area contributed by atoms with Crippen LogP contribution in [-0.2, 0) is 26.0 Å². The molecule has 1 amide bonds. The van der Waals surface area contributed by atoms with Gasteiger partial charge in [-0.05, 0) is 55.0 Å². The molecule has 0 atom stereocenters. The van der Waals surface area contributed by atoms with Crippen LogP contribution in [0.4, 0.5) is 10.1 Å². The van der Waals surface area contributed by atoms with E-state index in [-0.39, 0.29) is 35.4 Å². The van der Waals surface area contributed by atoms with Crippen molar-refractivity contribution >= 4 is 21.6 Å². The monoisotopic (exact) mass is 474 g/mol. The fraction of sp³-hybridized carbons (Fsp3) is 0.318. The number of halogens is 1. The van der Waals surface area contributed by atoms with Crippen LogP contribution < -0.4 is 5.32 Å². The summed E-state index contributed by atoms with van der Waals surface area (Å²) in [6, 6.07) is 10.4. The Morgan fingerprint density at radius 2 is 1.88 bits per heavy atom. The summed E-state index contributed by atoms with van der Waals surface area (Å²) in [6.45, 7) is 3.12. The molecule has 1 aliphatic heterocycles. The fourth-order valence-corrected chi connectivity index (χ4v) is 4.79. The smallest absolute Gasteiger partial charge is 0.243 e. The number of aromatic nitrogens is 2. The number of carbonyl (C=O) groups is 1. The summed E-state index contributed by atoms with van der Waals surface area (Å²) in [4.78, 5) is 16.7. The van der Waals surface area contributed by atoms with E-state index in [9.17, 15) is 17.6 Å². The number of rotatable bonds is 7. The Morgan fingerprint density at radius 3 is 2.58 bits per heavy atom. The molecule has 0 saturated carbocycles. The highest BCUT2D eigenvalue weighted by atomic mass is 32.2. The molecule has 0 radical (unpaired) electrons. The third kappa shape index (κ3) is 5.44. The largest absolute Gasteiger partial charge is 0.379 e. The first kappa shape index (κ1) is 23.0. The molecule has 0 aliphatic carbocycles. The van der Waals surface area contributed by atoms with Gasteiger partial charge in [0.25, 0.3) is 0 Å². The number of nitrogens with zero attached hydrogens (tertiary/aromatic N) is 3. The second kappa shape index (κ2) is 9.77. The van der Waals surface area contributed by atoms with Crippen LogP contribution in [0.1, 0.15) is 17.9 Å². The van der Waals surface area contributed by atoms with E-state index in [1.54, 1.807) is 19.1 Å². The van der Waals surface area contributed by atoms with Crippen LogP contribution in [-0.4, -0.2) is 55.1 Å². The molecular formula is C22H23FN4O5S. The average molecular weight is 475 g/mol. The van der Waals surface area contributed by atoms with Crippen LogP contribution >= 0.6 is 0 Å². The van der Waals surface area contributed by atoms with E-state index in [1.165, 1.54) is 34.6 Å². The van der Waals surface area contributed by atoms with Crippen molar-refractivity contribution in [2.45, 2.75) is 24.7 Å². The van der Waals surface area contributed by atoms with Crippen molar-refractivity contribution in [3.63, 3.8) is 0 Å². The summed E-state index contributed by atoms with van der Waals surface area (Å²) >= 11 is 0. The Hall–Kier alpha value is -3.15. The summed E-state index contributed by atoms with van der Waals surface area (Å²) in [5.41, 5.74) is 1.76. The van der Waals surface area contributed by atoms with Gasteiger partial charge in [0.05, 0.1) is 18.1 Å². The van der Waals surface area contributed by atoms with Crippen LogP contribution in [0.15, 0.2) is 51.9 Å². The van der Waals surface area contributed by atoms with Gasteiger partial charge in [0.15, 0.2) is 0 Å². The zero-order valence-electron chi connectivity index (χ0n) is 18.0. The number of nitrogens with one attached hydrogen (secondary N) is 1. The van der Waals surface area contributed by atoms with Crippen molar-refractivity contribution in [1.82, 2.24) is 14.4 Å². The number of benzene rings is 2. The lowest BCUT2D eigenvalue weighted by atomic mass is 10.2. The van der Waals surface area contributed by atoms with E-state index in [4.69, 9.17) is 9.26 Å². The topological polar surface area (TPSA) is 115 Å². The number of hydrogen-bond acceptors (Lipinski definition) is 7. The highest BCUT2D eigenvalue weighted by Gasteiger charge is 2.26. The van der Waals surface area contributed by atoms with Crippen molar-refractivity contribution in [1.29, 1.82) is 0 Å². The lowest BCUT2D eigenvalue weighted by molar-refractivity contribution is -0.116. The Bertz CT molecular complexity index is 1240. The molecule has 1 aromatic heterocycles. The number of sulfonamides is 1. The third-order valence-corrected chi connectivity index (χ3v) is 7.13. The second-order valence-electron chi connectivity index (χ2n) is 7.56. The average Bonchev–Trinajstić information content (AvgIpc) is 3.29. The first-order valence-corrected chi connectivity index (χ1v) is 11.8. The summed E-state index contributed by atoms with van der Waals surface area (Å²) in [5.74, 6) is -0.0474. The Labute approximate surface area is 190 Å². The highest BCUT2D eigenvalue weighted by molar-refractivity contribution is 7.89. The lowest BCUT2D eigenvalue weighted by Gasteiger charge is -2.26. The normalized spacial score (nSPS) is 14.8. The molecule has 4 rings (SSSR count). The molecule has 1 fully saturated rings. The minimum absolute atomic E-state index is 0.106. The second-order valence-corrected chi connectivity index (χ2v) is 9.50. The first-order valence-electron chi connectivity index (χ1n) is 10.4. The van der Waals surface area contributed by atoms with Crippen molar-refractivity contribution in [3.05, 3.63) is 59.7 Å². The number of anilines is 1. The summed E-state index contributed by atoms with van der Waals surface area (Å²) in [7, 11) is -3.58. The zero-order chi connectivity index (χ0) is 23.4. The van der Waals surface area contributed by atoms with Crippen LogP contribution in [0.25, 0.3) is 11.4 Å². The molecule has 33 heavy (non-hydrogen) atoms. The molecule has 1 saturated heterocycles. The van der Waals surface area contributed by atoms with Crippen molar-refractivity contribution in [3.8, 4) is 11.4 Å². The van der Waals surface area contributed by atoms with Crippen LogP contribution in [0.3, 0.4) is 0 Å². The fourth-order valence-electron chi connectivity index (χ4n) is 3.39. The molecule has 174 valence electrons. The van der Waals surface area contributed by atoms with Gasteiger partial charge in [0.1, 0.15) is 5.82 Å². The van der Waals surface area contributed by atoms with Gasteiger partial charge >= 0.3 is 0 Å². The molecule has 0 unspecified atom stereocenters. The molecule has 1 aliphatic rings. The van der Waals surface area contributed by atoms with Crippen LogP contribution in [0, 0.1) is 12.7 Å². The molecule has 0 bridgehead atoms. The molecule has 2 aromatic carbocycles. The molecule has 11 heteroatoms. The summed E-state index contributed by atoms with van der Waals surface area (Å²) < 4.78 is 50.5. The van der Waals surface area contributed by atoms with Gasteiger partial charge in [-0.1, -0.05) is 5.16 Å².